The van der Waals surface area contributed by atoms with Gasteiger partial charge in [-0.1, -0.05) is 29.3 Å². The third-order valence-electron chi connectivity index (χ3n) is 4.68. The van der Waals surface area contributed by atoms with Gasteiger partial charge >= 0.3 is 11.6 Å². The average molecular weight is 421 g/mol. The second-order valence-electron chi connectivity index (χ2n) is 6.44. The zero-order chi connectivity index (χ0) is 20.4. The Bertz CT molecular complexity index is 1100. The van der Waals surface area contributed by atoms with Crippen LogP contribution in [0.1, 0.15) is 28.7 Å². The van der Waals surface area contributed by atoms with Crippen LogP contribution in [0.15, 0.2) is 39.5 Å². The van der Waals surface area contributed by atoms with Crippen LogP contribution in [0.25, 0.3) is 11.0 Å². The first-order valence-electron chi connectivity index (χ1n) is 8.63. The maximum Gasteiger partial charge on any atom is 0.339 e. The summed E-state index contributed by atoms with van der Waals surface area (Å²) in [7, 11) is 0. The molecule has 0 atom stereocenters. The van der Waals surface area contributed by atoms with E-state index in [0.29, 0.717) is 38.1 Å². The maximum atomic E-state index is 12.4. The topological polar surface area (TPSA) is 76.7 Å². The fourth-order valence-corrected chi connectivity index (χ4v) is 3.57. The summed E-state index contributed by atoms with van der Waals surface area (Å²) in [6, 6.07) is 8.82. The Morgan fingerprint density at radius 2 is 1.75 bits per heavy atom. The van der Waals surface area contributed by atoms with E-state index in [-0.39, 0.29) is 19.4 Å². The average Bonchev–Trinajstić information content (AvgIpc) is 2.63. The van der Waals surface area contributed by atoms with Gasteiger partial charge in [0.2, 0.25) is 0 Å². The molecule has 146 valence electrons. The summed E-state index contributed by atoms with van der Waals surface area (Å²) >= 11 is 12.4. The molecule has 0 fully saturated rings. The van der Waals surface area contributed by atoms with Crippen molar-refractivity contribution in [2.45, 2.75) is 33.3 Å². The van der Waals surface area contributed by atoms with Crippen molar-refractivity contribution in [1.82, 2.24) is 0 Å². The van der Waals surface area contributed by atoms with Crippen LogP contribution < -0.4 is 10.4 Å². The van der Waals surface area contributed by atoms with E-state index in [2.05, 4.69) is 0 Å². The number of carboxylic acid groups (broad SMARTS) is 1. The lowest BCUT2D eigenvalue weighted by Crippen LogP contribution is -2.12. The fourth-order valence-electron chi connectivity index (χ4n) is 3.07. The second kappa shape index (κ2) is 8.25. The first-order chi connectivity index (χ1) is 13.3. The standard InChI is InChI=1S/C21H18Cl2O5/c1-11-13-6-8-18(27-10-15-16(22)4-3-5-17(15)23)12(2)20(13)28-21(26)14(11)7-9-19(24)25/h3-6,8H,7,9-10H2,1-2H3,(H,24,25). The molecule has 0 spiro atoms. The van der Waals surface area contributed by atoms with Gasteiger partial charge in [0.15, 0.2) is 0 Å². The highest BCUT2D eigenvalue weighted by molar-refractivity contribution is 6.35. The van der Waals surface area contributed by atoms with Crippen LogP contribution in [-0.4, -0.2) is 11.1 Å². The molecule has 0 saturated carbocycles. The maximum absolute atomic E-state index is 12.4. The number of aryl methyl sites for hydroxylation is 2. The minimum Gasteiger partial charge on any atom is -0.488 e. The Morgan fingerprint density at radius 3 is 2.39 bits per heavy atom. The first-order valence-corrected chi connectivity index (χ1v) is 9.38. The van der Waals surface area contributed by atoms with Crippen LogP contribution in [0.4, 0.5) is 0 Å². The van der Waals surface area contributed by atoms with E-state index in [1.807, 2.05) is 0 Å². The Morgan fingerprint density at radius 1 is 1.07 bits per heavy atom. The van der Waals surface area contributed by atoms with Gasteiger partial charge in [-0.05, 0) is 50.1 Å². The number of fused-ring (bicyclic) bond motifs is 1. The molecule has 0 amide bonds. The van der Waals surface area contributed by atoms with Crippen molar-refractivity contribution in [3.8, 4) is 5.75 Å². The van der Waals surface area contributed by atoms with Crippen LogP contribution >= 0.6 is 23.2 Å². The van der Waals surface area contributed by atoms with Gasteiger partial charge in [-0.25, -0.2) is 4.79 Å². The normalized spacial score (nSPS) is 11.0. The molecule has 0 radical (unpaired) electrons. The number of carboxylic acids is 1. The van der Waals surface area contributed by atoms with Crippen molar-refractivity contribution in [3.05, 3.63) is 73.1 Å². The molecule has 3 aromatic rings. The lowest BCUT2D eigenvalue weighted by Gasteiger charge is -2.14. The molecule has 5 nitrogen and oxygen atoms in total. The number of benzene rings is 2. The van der Waals surface area contributed by atoms with Gasteiger partial charge in [-0.3, -0.25) is 4.79 Å². The zero-order valence-corrected chi connectivity index (χ0v) is 16.9. The molecule has 0 saturated heterocycles. The highest BCUT2D eigenvalue weighted by Gasteiger charge is 2.16. The molecule has 2 aromatic carbocycles. The van der Waals surface area contributed by atoms with Crippen molar-refractivity contribution >= 4 is 40.1 Å². The Labute approximate surface area is 171 Å². The molecule has 1 heterocycles. The zero-order valence-electron chi connectivity index (χ0n) is 15.3. The molecule has 0 aliphatic rings. The van der Waals surface area contributed by atoms with Gasteiger partial charge < -0.3 is 14.3 Å². The van der Waals surface area contributed by atoms with E-state index >= 15 is 0 Å². The van der Waals surface area contributed by atoms with Crippen molar-refractivity contribution in [1.29, 1.82) is 0 Å². The Kier molecular flexibility index (Phi) is 5.96. The van der Waals surface area contributed by atoms with Crippen LogP contribution in [0.3, 0.4) is 0 Å². The molecule has 7 heteroatoms. The van der Waals surface area contributed by atoms with E-state index in [1.54, 1.807) is 44.2 Å². The molecular weight excluding hydrogens is 403 g/mol. The van der Waals surface area contributed by atoms with Crippen LogP contribution in [-0.2, 0) is 17.8 Å². The van der Waals surface area contributed by atoms with Crippen LogP contribution in [0.5, 0.6) is 5.75 Å². The van der Waals surface area contributed by atoms with Gasteiger partial charge in [0, 0.05) is 38.5 Å². The van der Waals surface area contributed by atoms with Gasteiger partial charge in [-0.2, -0.15) is 0 Å². The molecule has 28 heavy (non-hydrogen) atoms. The Balaban J connectivity index is 1.96. The Hall–Kier alpha value is -2.50. The van der Waals surface area contributed by atoms with Crippen molar-refractivity contribution < 1.29 is 19.1 Å². The molecule has 0 bridgehead atoms. The molecule has 1 N–H and O–H groups in total. The number of hydrogen-bond donors (Lipinski definition) is 1. The lowest BCUT2D eigenvalue weighted by atomic mass is 10.0. The summed E-state index contributed by atoms with van der Waals surface area (Å²) in [6.45, 7) is 3.76. The van der Waals surface area contributed by atoms with Gasteiger partial charge in [0.25, 0.3) is 0 Å². The smallest absolute Gasteiger partial charge is 0.339 e. The van der Waals surface area contributed by atoms with Gasteiger partial charge in [0.1, 0.15) is 17.9 Å². The second-order valence-corrected chi connectivity index (χ2v) is 7.26. The van der Waals surface area contributed by atoms with Crippen molar-refractivity contribution in [2.75, 3.05) is 0 Å². The molecule has 0 aliphatic carbocycles. The minimum atomic E-state index is -0.961. The minimum absolute atomic E-state index is 0.127. The predicted octanol–water partition coefficient (Wildman–Crippen LogP) is 5.31. The summed E-state index contributed by atoms with van der Waals surface area (Å²) in [6.07, 6.45) is -0.00236. The molecule has 3 rings (SSSR count). The quantitative estimate of drug-likeness (QED) is 0.546. The molecule has 0 unspecified atom stereocenters. The van der Waals surface area contributed by atoms with E-state index in [4.69, 9.17) is 37.5 Å². The number of ether oxygens (including phenoxy) is 1. The highest BCUT2D eigenvalue weighted by atomic mass is 35.5. The van der Waals surface area contributed by atoms with E-state index in [9.17, 15) is 9.59 Å². The van der Waals surface area contributed by atoms with Crippen molar-refractivity contribution in [2.24, 2.45) is 0 Å². The number of carbonyl (C=O) groups is 1. The summed E-state index contributed by atoms with van der Waals surface area (Å²) in [5.41, 5.74) is 2.34. The summed E-state index contributed by atoms with van der Waals surface area (Å²) in [4.78, 5) is 23.2. The third kappa shape index (κ3) is 4.01. The van der Waals surface area contributed by atoms with E-state index in [0.717, 1.165) is 10.9 Å². The summed E-state index contributed by atoms with van der Waals surface area (Å²) < 4.78 is 11.4. The van der Waals surface area contributed by atoms with E-state index in [1.165, 1.54) is 0 Å². The molecule has 1 aromatic heterocycles. The lowest BCUT2D eigenvalue weighted by molar-refractivity contribution is -0.136. The number of halogens is 2. The van der Waals surface area contributed by atoms with Gasteiger partial charge in [-0.15, -0.1) is 0 Å². The molecular formula is C21H18Cl2O5. The van der Waals surface area contributed by atoms with Gasteiger partial charge in [0.05, 0.1) is 0 Å². The van der Waals surface area contributed by atoms with Crippen LogP contribution in [0.2, 0.25) is 10.0 Å². The first kappa shape index (κ1) is 20.2. The largest absolute Gasteiger partial charge is 0.488 e. The SMILES string of the molecule is Cc1c(CCC(=O)O)c(=O)oc2c(C)c(OCc3c(Cl)cccc3Cl)ccc12. The monoisotopic (exact) mass is 420 g/mol. The van der Waals surface area contributed by atoms with E-state index < -0.39 is 11.6 Å². The number of rotatable bonds is 6. The highest BCUT2D eigenvalue weighted by Crippen LogP contribution is 2.31. The summed E-state index contributed by atoms with van der Waals surface area (Å²) in [5, 5.41) is 10.6. The fraction of sp³-hybridized carbons (Fsp3) is 0.238. The summed E-state index contributed by atoms with van der Waals surface area (Å²) in [5.74, 6) is -0.415. The molecule has 0 aliphatic heterocycles. The van der Waals surface area contributed by atoms with Crippen molar-refractivity contribution in [3.63, 3.8) is 0 Å². The third-order valence-corrected chi connectivity index (χ3v) is 5.38. The number of aliphatic carboxylic acids is 1. The van der Waals surface area contributed by atoms with Crippen LogP contribution in [0, 0.1) is 13.8 Å². The number of hydrogen-bond acceptors (Lipinski definition) is 4. The predicted molar refractivity (Wildman–Crippen MR) is 109 cm³/mol.